The highest BCUT2D eigenvalue weighted by Gasteiger charge is 2.43. The number of halogens is 4. The van der Waals surface area contributed by atoms with E-state index >= 15 is 0 Å². The molecule has 1 aromatic rings. The van der Waals surface area contributed by atoms with E-state index in [2.05, 4.69) is 4.98 Å². The normalized spacial score (nSPS) is 26.2. The number of aromatic nitrogens is 1. The first-order valence-corrected chi connectivity index (χ1v) is 6.23. The summed E-state index contributed by atoms with van der Waals surface area (Å²) >= 11 is 0. The van der Waals surface area contributed by atoms with Crippen LogP contribution in [0.1, 0.15) is 37.4 Å². The van der Waals surface area contributed by atoms with Crippen molar-refractivity contribution in [2.75, 3.05) is 0 Å². The van der Waals surface area contributed by atoms with Gasteiger partial charge in [-0.25, -0.2) is 4.39 Å². The molecule has 1 N–H and O–H groups in total. The Morgan fingerprint density at radius 1 is 1.32 bits per heavy atom. The van der Waals surface area contributed by atoms with Gasteiger partial charge in [-0.3, -0.25) is 4.98 Å². The van der Waals surface area contributed by atoms with Crippen LogP contribution in [0.15, 0.2) is 18.5 Å². The molecule has 19 heavy (non-hydrogen) atoms. The first-order valence-electron chi connectivity index (χ1n) is 6.23. The Morgan fingerprint density at radius 3 is 2.68 bits per heavy atom. The minimum Gasteiger partial charge on any atom is -0.388 e. The fourth-order valence-corrected chi connectivity index (χ4v) is 2.69. The Balaban J connectivity index is 2.12. The Kier molecular flexibility index (Phi) is 4.08. The summed E-state index contributed by atoms with van der Waals surface area (Å²) in [5.74, 6) is -2.63. The molecule has 3 unspecified atom stereocenters. The molecule has 1 saturated carbocycles. The number of hydrogen-bond acceptors (Lipinski definition) is 2. The van der Waals surface area contributed by atoms with Gasteiger partial charge >= 0.3 is 6.18 Å². The van der Waals surface area contributed by atoms with Crippen LogP contribution in [-0.2, 0) is 0 Å². The van der Waals surface area contributed by atoms with Gasteiger partial charge in [-0.05, 0) is 31.2 Å². The lowest BCUT2D eigenvalue weighted by molar-refractivity contribution is -0.189. The molecule has 1 aliphatic carbocycles. The summed E-state index contributed by atoms with van der Waals surface area (Å²) < 4.78 is 51.6. The molecule has 106 valence electrons. The van der Waals surface area contributed by atoms with Gasteiger partial charge in [-0.15, -0.1) is 0 Å². The fourth-order valence-electron chi connectivity index (χ4n) is 2.69. The zero-order valence-electron chi connectivity index (χ0n) is 10.2. The molecule has 0 radical (unpaired) electrons. The summed E-state index contributed by atoms with van der Waals surface area (Å²) in [4.78, 5) is 3.56. The van der Waals surface area contributed by atoms with Crippen LogP contribution in [-0.4, -0.2) is 16.3 Å². The van der Waals surface area contributed by atoms with Crippen LogP contribution in [0, 0.1) is 17.7 Å². The molecule has 3 atom stereocenters. The topological polar surface area (TPSA) is 33.1 Å². The minimum atomic E-state index is -4.24. The minimum absolute atomic E-state index is 0.0304. The number of rotatable bonds is 2. The van der Waals surface area contributed by atoms with E-state index in [1.807, 2.05) is 0 Å². The smallest absolute Gasteiger partial charge is 0.388 e. The fraction of sp³-hybridized carbons (Fsp3) is 0.615. The molecular formula is C13H15F4NO. The summed E-state index contributed by atoms with van der Waals surface area (Å²) in [6.45, 7) is 0. The van der Waals surface area contributed by atoms with Crippen molar-refractivity contribution in [1.82, 2.24) is 4.98 Å². The summed E-state index contributed by atoms with van der Waals surface area (Å²) in [5, 5.41) is 10.1. The van der Waals surface area contributed by atoms with Crippen molar-refractivity contribution in [2.45, 2.75) is 38.0 Å². The number of nitrogens with zero attached hydrogens (tertiary/aromatic N) is 1. The van der Waals surface area contributed by atoms with Crippen LogP contribution in [0.2, 0.25) is 0 Å². The van der Waals surface area contributed by atoms with Crippen LogP contribution in [0.4, 0.5) is 17.6 Å². The highest BCUT2D eigenvalue weighted by Crippen LogP contribution is 2.44. The lowest BCUT2D eigenvalue weighted by Gasteiger charge is -2.33. The van der Waals surface area contributed by atoms with E-state index in [1.54, 1.807) is 0 Å². The van der Waals surface area contributed by atoms with Crippen LogP contribution >= 0.6 is 0 Å². The van der Waals surface area contributed by atoms with Crippen molar-refractivity contribution < 1.29 is 22.7 Å². The molecule has 0 amide bonds. The number of alkyl halides is 3. The second kappa shape index (κ2) is 5.45. The monoisotopic (exact) mass is 277 g/mol. The number of pyridine rings is 1. The SMILES string of the molecule is OC(c1ccncc1F)C1CCCC(C(F)(F)F)C1. The maximum absolute atomic E-state index is 13.5. The highest BCUT2D eigenvalue weighted by molar-refractivity contribution is 5.16. The second-order valence-electron chi connectivity index (χ2n) is 5.01. The third-order valence-electron chi connectivity index (χ3n) is 3.75. The average molecular weight is 277 g/mol. The van der Waals surface area contributed by atoms with Crippen LogP contribution in [0.3, 0.4) is 0 Å². The van der Waals surface area contributed by atoms with Crippen molar-refractivity contribution in [2.24, 2.45) is 11.8 Å². The van der Waals surface area contributed by atoms with Gasteiger partial charge in [0, 0.05) is 11.8 Å². The van der Waals surface area contributed by atoms with Gasteiger partial charge in [0.25, 0.3) is 0 Å². The van der Waals surface area contributed by atoms with Crippen LogP contribution in [0.25, 0.3) is 0 Å². The Hall–Kier alpha value is -1.17. The zero-order chi connectivity index (χ0) is 14.0. The van der Waals surface area contributed by atoms with Crippen molar-refractivity contribution in [3.05, 3.63) is 29.8 Å². The summed E-state index contributed by atoms with van der Waals surface area (Å²) in [6.07, 6.45) is -2.33. The second-order valence-corrected chi connectivity index (χ2v) is 5.01. The van der Waals surface area contributed by atoms with Crippen LogP contribution < -0.4 is 0 Å². The first kappa shape index (κ1) is 14.2. The molecule has 1 aliphatic rings. The van der Waals surface area contributed by atoms with E-state index < -0.39 is 29.9 Å². The van der Waals surface area contributed by atoms with Gasteiger partial charge in [0.1, 0.15) is 5.82 Å². The summed E-state index contributed by atoms with van der Waals surface area (Å²) in [6, 6.07) is 1.32. The molecule has 0 bridgehead atoms. The molecule has 6 heteroatoms. The Morgan fingerprint density at radius 2 is 2.05 bits per heavy atom. The third kappa shape index (κ3) is 3.23. The molecule has 0 spiro atoms. The number of aliphatic hydroxyl groups excluding tert-OH is 1. The van der Waals surface area contributed by atoms with E-state index in [0.29, 0.717) is 12.8 Å². The van der Waals surface area contributed by atoms with Gasteiger partial charge in [0.15, 0.2) is 0 Å². The molecule has 2 nitrogen and oxygen atoms in total. The average Bonchev–Trinajstić information content (AvgIpc) is 2.38. The number of aliphatic hydroxyl groups is 1. The Labute approximate surface area is 108 Å². The third-order valence-corrected chi connectivity index (χ3v) is 3.75. The lowest BCUT2D eigenvalue weighted by atomic mass is 9.77. The molecule has 1 heterocycles. The predicted molar refractivity (Wildman–Crippen MR) is 60.7 cm³/mol. The maximum Gasteiger partial charge on any atom is 0.391 e. The van der Waals surface area contributed by atoms with E-state index in [0.717, 1.165) is 6.20 Å². The van der Waals surface area contributed by atoms with E-state index in [-0.39, 0.29) is 18.4 Å². The molecular weight excluding hydrogens is 262 g/mol. The molecule has 2 rings (SSSR count). The Bertz CT molecular complexity index is 435. The van der Waals surface area contributed by atoms with Gasteiger partial charge in [0.05, 0.1) is 18.2 Å². The van der Waals surface area contributed by atoms with Gasteiger partial charge < -0.3 is 5.11 Å². The van der Waals surface area contributed by atoms with Gasteiger partial charge in [-0.2, -0.15) is 13.2 Å². The van der Waals surface area contributed by atoms with E-state index in [4.69, 9.17) is 0 Å². The highest BCUT2D eigenvalue weighted by atomic mass is 19.4. The number of hydrogen-bond donors (Lipinski definition) is 1. The standard InChI is InChI=1S/C13H15F4NO/c14-11-7-18-5-4-10(11)12(19)8-2-1-3-9(6-8)13(15,16)17/h4-5,7-9,12,19H,1-3,6H2. The van der Waals surface area contributed by atoms with Crippen molar-refractivity contribution >= 4 is 0 Å². The first-order chi connectivity index (χ1) is 8.89. The van der Waals surface area contributed by atoms with Crippen molar-refractivity contribution in [3.8, 4) is 0 Å². The largest absolute Gasteiger partial charge is 0.391 e. The zero-order valence-corrected chi connectivity index (χ0v) is 10.2. The maximum atomic E-state index is 13.5. The molecule has 0 aliphatic heterocycles. The lowest BCUT2D eigenvalue weighted by Crippen LogP contribution is -2.31. The predicted octanol–water partition coefficient (Wildman–Crippen LogP) is 3.62. The van der Waals surface area contributed by atoms with Gasteiger partial charge in [-0.1, -0.05) is 6.42 Å². The van der Waals surface area contributed by atoms with Gasteiger partial charge in [0.2, 0.25) is 0 Å². The quantitative estimate of drug-likeness (QED) is 0.837. The molecule has 1 aromatic heterocycles. The molecule has 0 aromatic carbocycles. The summed E-state index contributed by atoms with van der Waals surface area (Å²) in [7, 11) is 0. The van der Waals surface area contributed by atoms with Crippen LogP contribution in [0.5, 0.6) is 0 Å². The summed E-state index contributed by atoms with van der Waals surface area (Å²) in [5.41, 5.74) is 0.0304. The molecule has 1 fully saturated rings. The van der Waals surface area contributed by atoms with E-state index in [1.165, 1.54) is 12.3 Å². The van der Waals surface area contributed by atoms with Crippen molar-refractivity contribution in [3.63, 3.8) is 0 Å². The van der Waals surface area contributed by atoms with Crippen molar-refractivity contribution in [1.29, 1.82) is 0 Å². The molecule has 0 saturated heterocycles. The van der Waals surface area contributed by atoms with E-state index in [9.17, 15) is 22.7 Å².